The van der Waals surface area contributed by atoms with Gasteiger partial charge in [0.2, 0.25) is 5.78 Å². The van der Waals surface area contributed by atoms with E-state index in [0.717, 1.165) is 32.8 Å². The van der Waals surface area contributed by atoms with E-state index in [4.69, 9.17) is 4.74 Å². The molecule has 4 aromatic rings. The van der Waals surface area contributed by atoms with Crippen LogP contribution in [0.2, 0.25) is 0 Å². The van der Waals surface area contributed by atoms with Crippen molar-refractivity contribution in [3.05, 3.63) is 88.2 Å². The van der Waals surface area contributed by atoms with Gasteiger partial charge in [-0.25, -0.2) is 4.79 Å². The second-order valence-corrected chi connectivity index (χ2v) is 9.51. The van der Waals surface area contributed by atoms with Crippen LogP contribution in [0.15, 0.2) is 72.1 Å². The molecule has 2 aromatic heterocycles. The zero-order valence-corrected chi connectivity index (χ0v) is 20.9. The number of aromatic nitrogens is 2. The molecule has 9 heteroatoms. The third-order valence-electron chi connectivity index (χ3n) is 6.17. The number of anilines is 2. The molecule has 0 N–H and O–H groups in total. The Morgan fingerprint density at radius 3 is 2.31 bits per heavy atom. The third-order valence-corrected chi connectivity index (χ3v) is 7.30. The molecule has 3 heterocycles. The second-order valence-electron chi connectivity index (χ2n) is 8.47. The maximum Gasteiger partial charge on any atom is 0.348 e. The predicted octanol–water partition coefficient (Wildman–Crippen LogP) is 4.50. The summed E-state index contributed by atoms with van der Waals surface area (Å²) in [5.74, 6) is -0.702. The molecule has 0 bridgehead atoms. The Morgan fingerprint density at radius 1 is 1.03 bits per heavy atom. The number of carbonyl (C=O) groups excluding carboxylic acids is 2. The Bertz CT molecular complexity index is 1530. The molecule has 0 atom stereocenters. The molecular formula is C27H23N5O3S. The quantitative estimate of drug-likeness (QED) is 0.220. The minimum Gasteiger partial charge on any atom is -0.453 e. The Balaban J connectivity index is 1.33. The number of hydrogen-bond acceptors (Lipinski definition) is 8. The Labute approximate surface area is 212 Å². The molecule has 0 unspecified atom stereocenters. The van der Waals surface area contributed by atoms with Crippen LogP contribution < -0.4 is 9.80 Å². The van der Waals surface area contributed by atoms with Gasteiger partial charge in [-0.05, 0) is 30.7 Å². The first-order chi connectivity index (χ1) is 17.4. The van der Waals surface area contributed by atoms with Crippen LogP contribution in [0.5, 0.6) is 0 Å². The fourth-order valence-corrected chi connectivity index (χ4v) is 5.46. The van der Waals surface area contributed by atoms with Gasteiger partial charge in [-0.2, -0.15) is 10.4 Å². The second kappa shape index (κ2) is 9.32. The lowest BCUT2D eigenvalue weighted by atomic mass is 10.2. The monoisotopic (exact) mass is 497 g/mol. The fourth-order valence-electron chi connectivity index (χ4n) is 4.41. The summed E-state index contributed by atoms with van der Waals surface area (Å²) >= 11 is 1.28. The normalized spacial score (nSPS) is 12.6. The molecule has 0 radical (unpaired) electrons. The number of Topliss-reactive ketones (excluding diaryl/α,β-unsaturated/α-hetero) is 1. The number of aryl methyl sites for hydroxylation is 1. The van der Waals surface area contributed by atoms with E-state index in [-0.39, 0.29) is 5.57 Å². The van der Waals surface area contributed by atoms with Gasteiger partial charge >= 0.3 is 5.97 Å². The molecule has 8 nitrogen and oxygen atoms in total. The number of hydrogen-bond donors (Lipinski definition) is 0. The maximum absolute atomic E-state index is 13.0. The molecule has 0 aliphatic carbocycles. The van der Waals surface area contributed by atoms with Gasteiger partial charge in [0.15, 0.2) is 6.61 Å². The number of thiophene rings is 1. The van der Waals surface area contributed by atoms with Gasteiger partial charge in [0.25, 0.3) is 0 Å². The van der Waals surface area contributed by atoms with Crippen LogP contribution in [-0.2, 0) is 16.1 Å². The van der Waals surface area contributed by atoms with E-state index in [1.54, 1.807) is 30.0 Å². The van der Waals surface area contributed by atoms with Gasteiger partial charge in [0.1, 0.15) is 27.2 Å². The van der Waals surface area contributed by atoms with Gasteiger partial charge in [-0.3, -0.25) is 9.48 Å². The largest absolute Gasteiger partial charge is 0.453 e. The van der Waals surface area contributed by atoms with Gasteiger partial charge in [0.05, 0.1) is 23.6 Å². The summed E-state index contributed by atoms with van der Waals surface area (Å²) in [6.07, 6.45) is 0. The first-order valence-corrected chi connectivity index (χ1v) is 12.1. The third kappa shape index (κ3) is 4.01. The number of nitriles is 1. The SMILES string of the molecule is Cc1nn(Cc2ccccc2)c2sc(C(=O)OCC(=O)C(C#N)=C3N(C)c4ccccc4N3C)cc12. The van der Waals surface area contributed by atoms with E-state index in [9.17, 15) is 14.9 Å². The molecule has 1 aliphatic heterocycles. The smallest absolute Gasteiger partial charge is 0.348 e. The van der Waals surface area contributed by atoms with E-state index in [1.165, 1.54) is 11.3 Å². The van der Waals surface area contributed by atoms with Crippen molar-refractivity contribution in [2.75, 3.05) is 30.5 Å². The zero-order chi connectivity index (χ0) is 25.4. The summed E-state index contributed by atoms with van der Waals surface area (Å²) in [5, 5.41) is 15.2. The molecule has 0 saturated carbocycles. The number of rotatable bonds is 6. The van der Waals surface area contributed by atoms with Crippen molar-refractivity contribution in [3.63, 3.8) is 0 Å². The van der Waals surface area contributed by atoms with Crippen LogP contribution in [0, 0.1) is 18.3 Å². The number of carbonyl (C=O) groups is 2. The standard InChI is InChI=1S/C27H23N5O3S/c1-17-19-13-24(36-26(19)32(29-17)15-18-9-5-4-6-10-18)27(34)35-16-23(33)20(14-28)25-30(2)21-11-7-8-12-22(21)31(25)3/h4-13H,15-16H2,1-3H3. The lowest BCUT2D eigenvalue weighted by molar-refractivity contribution is -0.118. The van der Waals surface area contributed by atoms with Crippen LogP contribution in [0.3, 0.4) is 0 Å². The first-order valence-electron chi connectivity index (χ1n) is 11.3. The van der Waals surface area contributed by atoms with E-state index in [1.807, 2.05) is 72.3 Å². The number of fused-ring (bicyclic) bond motifs is 2. The maximum atomic E-state index is 13.0. The average molecular weight is 498 g/mol. The van der Waals surface area contributed by atoms with Crippen LogP contribution in [-0.4, -0.2) is 42.2 Å². The number of esters is 1. The van der Waals surface area contributed by atoms with E-state index in [2.05, 4.69) is 5.10 Å². The highest BCUT2D eigenvalue weighted by molar-refractivity contribution is 7.20. The average Bonchev–Trinajstić information content (AvgIpc) is 3.53. The van der Waals surface area contributed by atoms with Crippen molar-refractivity contribution >= 4 is 44.7 Å². The number of ether oxygens (including phenoxy) is 1. The van der Waals surface area contributed by atoms with Crippen molar-refractivity contribution in [2.24, 2.45) is 0 Å². The van der Waals surface area contributed by atoms with Crippen LogP contribution in [0.4, 0.5) is 11.4 Å². The minimum atomic E-state index is -0.603. The van der Waals surface area contributed by atoms with Crippen LogP contribution in [0.25, 0.3) is 10.2 Å². The zero-order valence-electron chi connectivity index (χ0n) is 20.1. The molecule has 0 saturated heterocycles. The highest BCUT2D eigenvalue weighted by Crippen LogP contribution is 2.40. The molecule has 36 heavy (non-hydrogen) atoms. The molecule has 0 spiro atoms. The van der Waals surface area contributed by atoms with Crippen LogP contribution in [0.1, 0.15) is 20.9 Å². The van der Waals surface area contributed by atoms with E-state index in [0.29, 0.717) is 17.2 Å². The lowest BCUT2D eigenvalue weighted by Gasteiger charge is -2.19. The molecule has 180 valence electrons. The number of ketones is 1. The van der Waals surface area contributed by atoms with Gasteiger partial charge in [-0.1, -0.05) is 42.5 Å². The predicted molar refractivity (Wildman–Crippen MR) is 139 cm³/mol. The van der Waals surface area contributed by atoms with Crippen molar-refractivity contribution < 1.29 is 14.3 Å². The fraction of sp³-hybridized carbons (Fsp3) is 0.185. The van der Waals surface area contributed by atoms with Crippen molar-refractivity contribution in [1.29, 1.82) is 5.26 Å². The summed E-state index contributed by atoms with van der Waals surface area (Å²) in [6.45, 7) is 1.96. The number of para-hydroxylation sites is 2. The number of nitrogens with zero attached hydrogens (tertiary/aromatic N) is 5. The summed E-state index contributed by atoms with van der Waals surface area (Å²) in [5.41, 5.74) is 3.63. The van der Waals surface area contributed by atoms with E-state index >= 15 is 0 Å². The molecule has 1 aliphatic rings. The van der Waals surface area contributed by atoms with Crippen molar-refractivity contribution in [3.8, 4) is 6.07 Å². The highest BCUT2D eigenvalue weighted by Gasteiger charge is 2.31. The first kappa shape index (κ1) is 23.3. The molecule has 5 rings (SSSR count). The Morgan fingerprint density at radius 2 is 1.67 bits per heavy atom. The highest BCUT2D eigenvalue weighted by atomic mass is 32.1. The summed E-state index contributed by atoms with van der Waals surface area (Å²) < 4.78 is 7.22. The van der Waals surface area contributed by atoms with E-state index < -0.39 is 18.4 Å². The Hall–Kier alpha value is -4.42. The molecule has 2 aromatic carbocycles. The summed E-state index contributed by atoms with van der Waals surface area (Å²) in [6, 6.07) is 21.3. The topological polar surface area (TPSA) is 91.5 Å². The van der Waals surface area contributed by atoms with Crippen LogP contribution >= 0.6 is 11.3 Å². The molecule has 0 fully saturated rings. The van der Waals surface area contributed by atoms with Gasteiger partial charge in [0, 0.05) is 19.5 Å². The van der Waals surface area contributed by atoms with Crippen molar-refractivity contribution in [2.45, 2.75) is 13.5 Å². The summed E-state index contributed by atoms with van der Waals surface area (Å²) in [4.78, 5) is 30.6. The summed E-state index contributed by atoms with van der Waals surface area (Å²) in [7, 11) is 3.60. The minimum absolute atomic E-state index is 0.0605. The lowest BCUT2D eigenvalue weighted by Crippen LogP contribution is -2.27. The number of benzene rings is 2. The molecular weight excluding hydrogens is 474 g/mol. The Kier molecular flexibility index (Phi) is 6.04. The van der Waals surface area contributed by atoms with Crippen molar-refractivity contribution in [1.82, 2.24) is 9.78 Å². The molecule has 0 amide bonds. The van der Waals surface area contributed by atoms with Gasteiger partial charge < -0.3 is 14.5 Å². The van der Waals surface area contributed by atoms with Gasteiger partial charge in [-0.15, -0.1) is 11.3 Å².